The lowest BCUT2D eigenvalue weighted by Crippen LogP contribution is -2.49. The van der Waals surface area contributed by atoms with Gasteiger partial charge < -0.3 is 24.8 Å². The van der Waals surface area contributed by atoms with Crippen LogP contribution in [-0.2, 0) is 23.8 Å². The number of thioether (sulfide) groups is 1. The molecule has 0 aliphatic carbocycles. The molecule has 3 amide bonds. The van der Waals surface area contributed by atoms with Crippen LogP contribution < -0.4 is 10.6 Å². The molecule has 35 heavy (non-hydrogen) atoms. The van der Waals surface area contributed by atoms with E-state index in [1.54, 1.807) is 62.3 Å². The highest BCUT2D eigenvalue weighted by molar-refractivity contribution is 7.99. The molecule has 0 aromatic carbocycles. The molecule has 1 aliphatic heterocycles. The van der Waals surface area contributed by atoms with Crippen LogP contribution in [0.3, 0.4) is 0 Å². The lowest BCUT2D eigenvalue weighted by molar-refractivity contribution is -0.157. The zero-order valence-corrected chi connectivity index (χ0v) is 23.4. The standard InChI is InChI=1S/C24H43N3O7S/c1-22(2,3)32-19(29)16(26-20(30)33-23(4,5)6)12-10-11-13-25-18(28)17-14-35-15-27(17)21(31)34-24(7,8)9/h16-17H,10-15H2,1-9H3,(H,25,28)(H,26,30)/t16-,17+/m0/s1. The summed E-state index contributed by atoms with van der Waals surface area (Å²) in [6.07, 6.45) is 0.259. The first kappa shape index (κ1) is 30.9. The average molecular weight is 518 g/mol. The summed E-state index contributed by atoms with van der Waals surface area (Å²) in [5, 5.41) is 5.45. The van der Waals surface area contributed by atoms with Crippen molar-refractivity contribution in [3.05, 3.63) is 0 Å². The Bertz CT molecular complexity index is 754. The second-order valence-electron chi connectivity index (χ2n) is 11.5. The van der Waals surface area contributed by atoms with Gasteiger partial charge in [-0.25, -0.2) is 14.4 Å². The van der Waals surface area contributed by atoms with Crippen molar-refractivity contribution in [2.24, 2.45) is 0 Å². The van der Waals surface area contributed by atoms with Crippen LogP contribution in [-0.4, -0.2) is 76.0 Å². The van der Waals surface area contributed by atoms with Crippen molar-refractivity contribution >= 4 is 35.8 Å². The number of carbonyl (C=O) groups is 4. The van der Waals surface area contributed by atoms with Gasteiger partial charge in [0, 0.05) is 12.3 Å². The van der Waals surface area contributed by atoms with Gasteiger partial charge in [-0.1, -0.05) is 0 Å². The van der Waals surface area contributed by atoms with Gasteiger partial charge in [0.25, 0.3) is 0 Å². The molecule has 0 unspecified atom stereocenters. The van der Waals surface area contributed by atoms with Crippen molar-refractivity contribution in [3.63, 3.8) is 0 Å². The molecular formula is C24H43N3O7S. The second-order valence-corrected chi connectivity index (χ2v) is 12.5. The number of rotatable bonds is 8. The van der Waals surface area contributed by atoms with Gasteiger partial charge in [-0.2, -0.15) is 0 Å². The van der Waals surface area contributed by atoms with E-state index >= 15 is 0 Å². The predicted octanol–water partition coefficient (Wildman–Crippen LogP) is 3.82. The van der Waals surface area contributed by atoms with Crippen molar-refractivity contribution in [1.82, 2.24) is 15.5 Å². The van der Waals surface area contributed by atoms with Crippen molar-refractivity contribution in [2.45, 2.75) is 110 Å². The molecule has 0 spiro atoms. The van der Waals surface area contributed by atoms with Crippen LogP contribution in [0, 0.1) is 0 Å². The number of nitrogens with one attached hydrogen (secondary N) is 2. The highest BCUT2D eigenvalue weighted by Gasteiger charge is 2.37. The first-order chi connectivity index (χ1) is 15.9. The molecule has 1 aliphatic rings. The van der Waals surface area contributed by atoms with Crippen LogP contribution in [0.25, 0.3) is 0 Å². The maximum Gasteiger partial charge on any atom is 0.411 e. The summed E-state index contributed by atoms with van der Waals surface area (Å²) in [6.45, 7) is 16.2. The second kappa shape index (κ2) is 12.7. The number of esters is 1. The maximum atomic E-state index is 12.6. The number of amides is 3. The maximum absolute atomic E-state index is 12.6. The number of alkyl carbamates (subject to hydrolysis) is 1. The molecule has 0 aromatic rings. The Morgan fingerprint density at radius 2 is 1.46 bits per heavy atom. The molecule has 2 atom stereocenters. The third-order valence-corrected chi connectivity index (χ3v) is 5.43. The molecule has 1 heterocycles. The quantitative estimate of drug-likeness (QED) is 0.283. The third kappa shape index (κ3) is 12.9. The van der Waals surface area contributed by atoms with Crippen molar-refractivity contribution < 1.29 is 33.4 Å². The van der Waals surface area contributed by atoms with Crippen molar-refractivity contribution in [3.8, 4) is 0 Å². The van der Waals surface area contributed by atoms with Crippen molar-refractivity contribution in [2.75, 3.05) is 18.2 Å². The smallest absolute Gasteiger partial charge is 0.411 e. The Balaban J connectivity index is 2.56. The number of hydrogen-bond acceptors (Lipinski definition) is 8. The fourth-order valence-electron chi connectivity index (χ4n) is 3.03. The summed E-state index contributed by atoms with van der Waals surface area (Å²) in [6, 6.07) is -1.45. The number of nitrogens with zero attached hydrogens (tertiary/aromatic N) is 1. The van der Waals surface area contributed by atoms with E-state index in [0.29, 0.717) is 37.4 Å². The fourth-order valence-corrected chi connectivity index (χ4v) is 4.18. The normalized spacial score (nSPS) is 17.4. The average Bonchev–Trinajstić information content (AvgIpc) is 3.12. The van der Waals surface area contributed by atoms with E-state index in [2.05, 4.69) is 10.6 Å². The van der Waals surface area contributed by atoms with Crippen LogP contribution in [0.5, 0.6) is 0 Å². The SMILES string of the molecule is CC(C)(C)OC(=O)N[C@@H](CCCCNC(=O)[C@H]1CSCN1C(=O)OC(C)(C)C)C(=O)OC(C)(C)C. The monoisotopic (exact) mass is 517 g/mol. The Hall–Kier alpha value is -2.17. The molecule has 0 radical (unpaired) electrons. The molecule has 11 heteroatoms. The highest BCUT2D eigenvalue weighted by Crippen LogP contribution is 2.23. The summed E-state index contributed by atoms with van der Waals surface area (Å²) >= 11 is 1.50. The van der Waals surface area contributed by atoms with Gasteiger partial charge in [0.2, 0.25) is 5.91 Å². The van der Waals surface area contributed by atoms with E-state index < -0.39 is 47.0 Å². The Kier molecular flexibility index (Phi) is 11.2. The highest BCUT2D eigenvalue weighted by atomic mass is 32.2. The molecule has 0 aromatic heterocycles. The molecule has 1 fully saturated rings. The lowest BCUT2D eigenvalue weighted by Gasteiger charge is -2.27. The number of ether oxygens (including phenoxy) is 3. The van der Waals surface area contributed by atoms with Gasteiger partial charge in [0.05, 0.1) is 5.88 Å². The van der Waals surface area contributed by atoms with Crippen LogP contribution in [0.2, 0.25) is 0 Å². The third-order valence-electron chi connectivity index (χ3n) is 4.41. The van der Waals surface area contributed by atoms with E-state index in [9.17, 15) is 19.2 Å². The van der Waals surface area contributed by atoms with Crippen LogP contribution in [0.15, 0.2) is 0 Å². The van der Waals surface area contributed by atoms with Gasteiger partial charge >= 0.3 is 18.2 Å². The zero-order chi connectivity index (χ0) is 27.0. The van der Waals surface area contributed by atoms with E-state index in [-0.39, 0.29) is 5.91 Å². The summed E-state index contributed by atoms with van der Waals surface area (Å²) in [4.78, 5) is 51.3. The largest absolute Gasteiger partial charge is 0.458 e. The van der Waals surface area contributed by atoms with Crippen molar-refractivity contribution in [1.29, 1.82) is 0 Å². The minimum atomic E-state index is -0.867. The van der Waals surface area contributed by atoms with Crippen LogP contribution >= 0.6 is 11.8 Å². The number of carbonyl (C=O) groups excluding carboxylic acids is 4. The number of unbranched alkanes of at least 4 members (excludes halogenated alkanes) is 1. The van der Waals surface area contributed by atoms with E-state index in [1.807, 2.05) is 0 Å². The predicted molar refractivity (Wildman–Crippen MR) is 135 cm³/mol. The van der Waals surface area contributed by atoms with E-state index in [0.717, 1.165) is 0 Å². The number of hydrogen-bond donors (Lipinski definition) is 2. The van der Waals surface area contributed by atoms with Crippen LogP contribution in [0.1, 0.15) is 81.6 Å². The Morgan fingerprint density at radius 3 is 2.00 bits per heavy atom. The first-order valence-electron chi connectivity index (χ1n) is 12.0. The molecule has 0 saturated carbocycles. The summed E-state index contributed by atoms with van der Waals surface area (Å²) in [7, 11) is 0. The van der Waals surface area contributed by atoms with E-state index in [4.69, 9.17) is 14.2 Å². The molecule has 0 bridgehead atoms. The minimum absolute atomic E-state index is 0.239. The van der Waals surface area contributed by atoms with Gasteiger partial charge in [0.1, 0.15) is 28.9 Å². The zero-order valence-electron chi connectivity index (χ0n) is 22.6. The summed E-state index contributed by atoms with van der Waals surface area (Å²) < 4.78 is 16.1. The van der Waals surface area contributed by atoms with Gasteiger partial charge in [-0.05, 0) is 81.6 Å². The molecule has 1 rings (SSSR count). The fraction of sp³-hybridized carbons (Fsp3) is 0.833. The summed E-state index contributed by atoms with van der Waals surface area (Å²) in [5.41, 5.74) is -2.03. The first-order valence-corrected chi connectivity index (χ1v) is 13.1. The summed E-state index contributed by atoms with van der Waals surface area (Å²) in [5.74, 6) is 0.131. The van der Waals surface area contributed by atoms with Gasteiger partial charge in [-0.15, -0.1) is 11.8 Å². The molecule has 10 nitrogen and oxygen atoms in total. The molecule has 202 valence electrons. The molecular weight excluding hydrogens is 474 g/mol. The molecule has 1 saturated heterocycles. The van der Waals surface area contributed by atoms with E-state index in [1.165, 1.54) is 16.7 Å². The molecule has 2 N–H and O–H groups in total. The lowest BCUT2D eigenvalue weighted by atomic mass is 10.1. The Labute approximate surface area is 213 Å². The minimum Gasteiger partial charge on any atom is -0.458 e. The van der Waals surface area contributed by atoms with Gasteiger partial charge in [-0.3, -0.25) is 9.69 Å². The topological polar surface area (TPSA) is 123 Å². The van der Waals surface area contributed by atoms with Crippen LogP contribution in [0.4, 0.5) is 9.59 Å². The van der Waals surface area contributed by atoms with Gasteiger partial charge in [0.15, 0.2) is 0 Å². The Morgan fingerprint density at radius 1 is 0.886 bits per heavy atom.